The van der Waals surface area contributed by atoms with Crippen molar-refractivity contribution in [3.05, 3.63) is 66.0 Å². The first kappa shape index (κ1) is 21.0. The van der Waals surface area contributed by atoms with Gasteiger partial charge in [-0.25, -0.2) is 4.68 Å². The van der Waals surface area contributed by atoms with E-state index in [1.54, 1.807) is 12.4 Å². The van der Waals surface area contributed by atoms with Gasteiger partial charge in [0.2, 0.25) is 5.91 Å². The Morgan fingerprint density at radius 3 is 2.94 bits per heavy atom. The van der Waals surface area contributed by atoms with Crippen LogP contribution in [0.2, 0.25) is 0 Å². The van der Waals surface area contributed by atoms with Gasteiger partial charge < -0.3 is 10.2 Å². The summed E-state index contributed by atoms with van der Waals surface area (Å²) in [5.74, 6) is 1.57. The molecular formula is C23H29N7O. The first-order valence-electron chi connectivity index (χ1n) is 10.7. The van der Waals surface area contributed by atoms with Crippen molar-refractivity contribution in [1.29, 1.82) is 0 Å². The molecule has 0 saturated carbocycles. The lowest BCUT2D eigenvalue weighted by Crippen LogP contribution is -2.42. The fourth-order valence-corrected chi connectivity index (χ4v) is 4.17. The van der Waals surface area contributed by atoms with Crippen molar-refractivity contribution < 1.29 is 4.79 Å². The Labute approximate surface area is 182 Å². The number of nitrogens with one attached hydrogen (secondary N) is 1. The zero-order valence-corrected chi connectivity index (χ0v) is 18.1. The zero-order chi connectivity index (χ0) is 21.6. The van der Waals surface area contributed by atoms with Crippen molar-refractivity contribution in [1.82, 2.24) is 24.9 Å². The molecule has 3 aromatic rings. The summed E-state index contributed by atoms with van der Waals surface area (Å²) in [4.78, 5) is 17.0. The van der Waals surface area contributed by atoms with E-state index in [0.717, 1.165) is 37.3 Å². The quantitative estimate of drug-likeness (QED) is 0.605. The van der Waals surface area contributed by atoms with Crippen molar-refractivity contribution in [3.8, 4) is 0 Å². The number of nitrogens with zero attached hydrogens (tertiary/aromatic N) is 6. The predicted octanol–water partition coefficient (Wildman–Crippen LogP) is 2.57. The minimum absolute atomic E-state index is 0.0439. The molecular weight excluding hydrogens is 390 g/mol. The van der Waals surface area contributed by atoms with Gasteiger partial charge in [-0.3, -0.25) is 9.69 Å². The molecule has 1 fully saturated rings. The number of aryl methyl sites for hydroxylation is 1. The average Bonchev–Trinajstić information content (AvgIpc) is 3.38. The topological polar surface area (TPSA) is 79.2 Å². The highest BCUT2D eigenvalue weighted by atomic mass is 16.2. The van der Waals surface area contributed by atoms with Gasteiger partial charge in [0.15, 0.2) is 5.82 Å². The van der Waals surface area contributed by atoms with Crippen LogP contribution in [0.25, 0.3) is 0 Å². The number of benzene rings is 1. The van der Waals surface area contributed by atoms with Crippen molar-refractivity contribution in [3.63, 3.8) is 0 Å². The molecule has 1 amide bonds. The van der Waals surface area contributed by atoms with Gasteiger partial charge in [-0.2, -0.15) is 10.2 Å². The Morgan fingerprint density at radius 1 is 1.23 bits per heavy atom. The Balaban J connectivity index is 1.31. The molecule has 1 aliphatic heterocycles. The molecule has 0 bridgehead atoms. The first-order valence-corrected chi connectivity index (χ1v) is 10.7. The number of hydrogen-bond acceptors (Lipinski definition) is 6. The number of carbonyl (C=O) groups excluding carboxylic acids is 1. The van der Waals surface area contributed by atoms with E-state index in [0.29, 0.717) is 24.9 Å². The van der Waals surface area contributed by atoms with Crippen LogP contribution in [0, 0.1) is 6.92 Å². The standard InChI is InChI=1S/C23H29N7O/c1-18-6-3-7-19(14-18)15-30-21(10-12-25-30)26-23(31)17-28(2)16-20-8-5-13-29(20)22-9-4-11-24-27-22/h3-4,6-7,9-12,14,20H,5,8,13,15-17H2,1-2H3,(H,26,31). The molecule has 1 aromatic carbocycles. The summed E-state index contributed by atoms with van der Waals surface area (Å²) >= 11 is 0. The van der Waals surface area contributed by atoms with E-state index in [1.165, 1.54) is 5.56 Å². The average molecular weight is 420 g/mol. The summed E-state index contributed by atoms with van der Waals surface area (Å²) < 4.78 is 1.82. The van der Waals surface area contributed by atoms with E-state index in [-0.39, 0.29) is 5.91 Å². The Morgan fingerprint density at radius 2 is 2.13 bits per heavy atom. The van der Waals surface area contributed by atoms with Crippen LogP contribution in [0.4, 0.5) is 11.6 Å². The fourth-order valence-electron chi connectivity index (χ4n) is 4.17. The normalized spacial score (nSPS) is 16.1. The van der Waals surface area contributed by atoms with Crippen LogP contribution in [-0.2, 0) is 11.3 Å². The lowest BCUT2D eigenvalue weighted by atomic mass is 10.1. The number of rotatable bonds is 8. The Kier molecular flexibility index (Phi) is 6.57. The largest absolute Gasteiger partial charge is 0.351 e. The van der Waals surface area contributed by atoms with Gasteiger partial charge in [0.05, 0.1) is 19.3 Å². The smallest absolute Gasteiger partial charge is 0.239 e. The third-order valence-electron chi connectivity index (χ3n) is 5.56. The predicted molar refractivity (Wildman–Crippen MR) is 121 cm³/mol. The molecule has 8 nitrogen and oxygen atoms in total. The van der Waals surface area contributed by atoms with Gasteiger partial charge in [-0.1, -0.05) is 29.8 Å². The molecule has 162 valence electrons. The van der Waals surface area contributed by atoms with Crippen molar-refractivity contribution in [2.75, 3.05) is 36.9 Å². The summed E-state index contributed by atoms with van der Waals surface area (Å²) in [5.41, 5.74) is 2.36. The van der Waals surface area contributed by atoms with E-state index in [4.69, 9.17) is 0 Å². The van der Waals surface area contributed by atoms with Crippen LogP contribution in [0.15, 0.2) is 54.9 Å². The van der Waals surface area contributed by atoms with E-state index < -0.39 is 0 Å². The lowest BCUT2D eigenvalue weighted by molar-refractivity contribution is -0.117. The molecule has 1 N–H and O–H groups in total. The second kappa shape index (κ2) is 9.70. The Hall–Kier alpha value is -3.26. The molecule has 1 aliphatic rings. The summed E-state index contributed by atoms with van der Waals surface area (Å²) in [6, 6.07) is 14.4. The van der Waals surface area contributed by atoms with Crippen LogP contribution in [0.1, 0.15) is 24.0 Å². The molecule has 3 heterocycles. The second-order valence-corrected chi connectivity index (χ2v) is 8.18. The van der Waals surface area contributed by atoms with E-state index in [9.17, 15) is 4.79 Å². The van der Waals surface area contributed by atoms with Crippen molar-refractivity contribution in [2.24, 2.45) is 0 Å². The summed E-state index contributed by atoms with van der Waals surface area (Å²) in [6.45, 7) is 4.78. The van der Waals surface area contributed by atoms with Gasteiger partial charge in [0.1, 0.15) is 5.82 Å². The number of anilines is 2. The molecule has 31 heavy (non-hydrogen) atoms. The number of likely N-dealkylation sites (N-methyl/N-ethyl adjacent to an activating group) is 1. The minimum atomic E-state index is -0.0439. The summed E-state index contributed by atoms with van der Waals surface area (Å²) in [6.07, 6.45) is 5.62. The van der Waals surface area contributed by atoms with Gasteiger partial charge in [0, 0.05) is 31.4 Å². The van der Waals surface area contributed by atoms with E-state index in [1.807, 2.05) is 36.0 Å². The maximum Gasteiger partial charge on any atom is 0.239 e. The second-order valence-electron chi connectivity index (χ2n) is 8.18. The summed E-state index contributed by atoms with van der Waals surface area (Å²) in [5, 5.41) is 15.6. The third-order valence-corrected chi connectivity index (χ3v) is 5.56. The molecule has 1 atom stereocenters. The molecule has 0 aliphatic carbocycles. The van der Waals surface area contributed by atoms with Gasteiger partial charge >= 0.3 is 0 Å². The van der Waals surface area contributed by atoms with Gasteiger partial charge in [-0.05, 0) is 44.5 Å². The zero-order valence-electron chi connectivity index (χ0n) is 18.1. The minimum Gasteiger partial charge on any atom is -0.351 e. The molecule has 2 aromatic heterocycles. The van der Waals surface area contributed by atoms with Crippen LogP contribution in [0.5, 0.6) is 0 Å². The maximum absolute atomic E-state index is 12.7. The Bertz CT molecular complexity index is 1000. The summed E-state index contributed by atoms with van der Waals surface area (Å²) in [7, 11) is 1.98. The SMILES string of the molecule is Cc1cccc(Cn2nccc2NC(=O)CN(C)CC2CCCN2c2cccnn2)c1. The van der Waals surface area contributed by atoms with Crippen LogP contribution >= 0.6 is 0 Å². The lowest BCUT2D eigenvalue weighted by Gasteiger charge is -2.28. The number of aromatic nitrogens is 4. The van der Waals surface area contributed by atoms with Gasteiger partial charge in [0.25, 0.3) is 0 Å². The number of hydrogen-bond donors (Lipinski definition) is 1. The monoisotopic (exact) mass is 419 g/mol. The highest BCUT2D eigenvalue weighted by Crippen LogP contribution is 2.23. The van der Waals surface area contributed by atoms with E-state index >= 15 is 0 Å². The molecule has 0 radical (unpaired) electrons. The molecule has 4 rings (SSSR count). The molecule has 1 saturated heterocycles. The first-order chi connectivity index (χ1) is 15.1. The van der Waals surface area contributed by atoms with Crippen molar-refractivity contribution in [2.45, 2.75) is 32.4 Å². The number of amides is 1. The van der Waals surface area contributed by atoms with Crippen LogP contribution < -0.4 is 10.2 Å². The van der Waals surface area contributed by atoms with Crippen LogP contribution in [0.3, 0.4) is 0 Å². The molecule has 8 heteroatoms. The molecule has 1 unspecified atom stereocenters. The third kappa shape index (κ3) is 5.46. The van der Waals surface area contributed by atoms with Crippen molar-refractivity contribution >= 4 is 17.5 Å². The fraction of sp³-hybridized carbons (Fsp3) is 0.391. The maximum atomic E-state index is 12.7. The number of carbonyl (C=O) groups is 1. The van der Waals surface area contributed by atoms with E-state index in [2.05, 4.69) is 55.5 Å². The van der Waals surface area contributed by atoms with Crippen LogP contribution in [-0.4, -0.2) is 63.5 Å². The highest BCUT2D eigenvalue weighted by Gasteiger charge is 2.27. The highest BCUT2D eigenvalue weighted by molar-refractivity contribution is 5.91. The van der Waals surface area contributed by atoms with Gasteiger partial charge in [-0.15, -0.1) is 5.10 Å². The molecule has 0 spiro atoms.